The summed E-state index contributed by atoms with van der Waals surface area (Å²) in [5.41, 5.74) is 7.84. The fourth-order valence-electron chi connectivity index (χ4n) is 7.17. The van der Waals surface area contributed by atoms with Crippen LogP contribution >= 0.6 is 10.8 Å². The number of benzene rings is 4. The summed E-state index contributed by atoms with van der Waals surface area (Å²) in [6.45, 7) is 4.69. The van der Waals surface area contributed by atoms with Crippen LogP contribution in [0.4, 0.5) is 0 Å². The van der Waals surface area contributed by atoms with Gasteiger partial charge in [0.2, 0.25) is 0 Å². The monoisotopic (exact) mass is 626 g/mol. The van der Waals surface area contributed by atoms with Gasteiger partial charge in [0.25, 0.3) is 0 Å². The Labute approximate surface area is 263 Å². The van der Waals surface area contributed by atoms with Crippen molar-refractivity contribution in [1.29, 1.82) is 0 Å². The summed E-state index contributed by atoms with van der Waals surface area (Å²) >= 11 is 0. The molecule has 9 nitrogen and oxygen atoms in total. The average molecular weight is 627 g/mol. The number of carboxylic acids is 1. The van der Waals surface area contributed by atoms with E-state index in [1.165, 1.54) is 11.1 Å². The molecular formula is C35H38N4O5S. The van der Waals surface area contributed by atoms with Crippen molar-refractivity contribution in [2.24, 2.45) is 7.05 Å². The van der Waals surface area contributed by atoms with Crippen LogP contribution in [0.3, 0.4) is 0 Å². The van der Waals surface area contributed by atoms with Crippen molar-refractivity contribution in [3.8, 4) is 5.75 Å². The van der Waals surface area contributed by atoms with Crippen molar-refractivity contribution in [2.75, 3.05) is 6.54 Å². The van der Waals surface area contributed by atoms with E-state index < -0.39 is 22.7 Å². The molecule has 234 valence electrons. The lowest BCUT2D eigenvalue weighted by Gasteiger charge is -2.42. The molecule has 2 atom stereocenters. The maximum atomic E-state index is 12.3. The smallest absolute Gasteiger partial charge is 0.304 e. The summed E-state index contributed by atoms with van der Waals surface area (Å²) in [5, 5.41) is 20.4. The fraction of sp³-hybridized carbons (Fsp3) is 0.343. The van der Waals surface area contributed by atoms with E-state index >= 15 is 0 Å². The highest BCUT2D eigenvalue weighted by Gasteiger charge is 2.36. The Balaban J connectivity index is 1.33. The van der Waals surface area contributed by atoms with E-state index in [0.29, 0.717) is 30.2 Å². The molecule has 0 saturated heterocycles. The molecule has 45 heavy (non-hydrogen) atoms. The lowest BCUT2D eigenvalue weighted by Crippen LogP contribution is -2.34. The normalized spacial score (nSPS) is 19.1. The first-order chi connectivity index (χ1) is 21.7. The first-order valence-corrected chi connectivity index (χ1v) is 17.0. The van der Waals surface area contributed by atoms with Crippen molar-refractivity contribution in [1.82, 2.24) is 19.3 Å². The third-order valence-electron chi connectivity index (χ3n) is 9.56. The first kappa shape index (κ1) is 29.7. The van der Waals surface area contributed by atoms with Crippen LogP contribution in [0.1, 0.15) is 65.5 Å². The maximum absolute atomic E-state index is 12.3. The average Bonchev–Trinajstić information content (AvgIpc) is 3.63. The molecule has 3 N–H and O–H groups in total. The van der Waals surface area contributed by atoms with Crippen LogP contribution in [0.5, 0.6) is 5.75 Å². The van der Waals surface area contributed by atoms with E-state index in [1.807, 2.05) is 56.4 Å². The second-order valence-electron chi connectivity index (χ2n) is 12.3. The lowest BCUT2D eigenvalue weighted by molar-refractivity contribution is -0.137. The second kappa shape index (κ2) is 11.4. The molecule has 1 aliphatic carbocycles. The van der Waals surface area contributed by atoms with Gasteiger partial charge >= 0.3 is 5.97 Å². The van der Waals surface area contributed by atoms with Crippen LogP contribution in [0, 0.1) is 6.92 Å². The Morgan fingerprint density at radius 2 is 1.93 bits per heavy atom. The van der Waals surface area contributed by atoms with Crippen LogP contribution in [-0.2, 0) is 31.2 Å². The Morgan fingerprint density at radius 3 is 2.73 bits per heavy atom. The van der Waals surface area contributed by atoms with Gasteiger partial charge < -0.3 is 9.84 Å². The molecule has 0 fully saturated rings. The largest absolute Gasteiger partial charge is 0.486 e. The molecule has 1 aromatic heterocycles. The van der Waals surface area contributed by atoms with Gasteiger partial charge in [-0.05, 0) is 83.5 Å². The number of carboxylic acid groups (broad SMARTS) is 1. The maximum Gasteiger partial charge on any atom is 0.304 e. The van der Waals surface area contributed by atoms with Gasteiger partial charge in [0.05, 0.1) is 18.5 Å². The van der Waals surface area contributed by atoms with Gasteiger partial charge in [-0.1, -0.05) is 60.7 Å². The number of aryl methyl sites for hydroxylation is 3. The topological polar surface area (TPSA) is 121 Å². The SMILES string of the molecule is CC[C@@H]1CN(Cc2cc(C(CC(=O)O)c3ccc4c(nnn4C)c3C)cc3c2CCC3)S(O)(O)c2ccc3ccccc3c2O1. The van der Waals surface area contributed by atoms with Crippen LogP contribution in [0.15, 0.2) is 65.6 Å². The summed E-state index contributed by atoms with van der Waals surface area (Å²) in [5.74, 6) is -0.742. The van der Waals surface area contributed by atoms with E-state index in [9.17, 15) is 19.0 Å². The Morgan fingerprint density at radius 1 is 1.11 bits per heavy atom. The third kappa shape index (κ3) is 5.15. The van der Waals surface area contributed by atoms with E-state index in [1.54, 1.807) is 15.1 Å². The fourth-order valence-corrected chi connectivity index (χ4v) is 8.79. The third-order valence-corrected chi connectivity index (χ3v) is 11.5. The van der Waals surface area contributed by atoms with Crippen LogP contribution < -0.4 is 4.74 Å². The number of ether oxygens (including phenoxy) is 1. The zero-order valence-corrected chi connectivity index (χ0v) is 26.5. The number of hydrogen-bond acceptors (Lipinski definition) is 7. The Hall–Kier alpha value is -3.96. The highest BCUT2D eigenvalue weighted by molar-refractivity contribution is 8.22. The quantitative estimate of drug-likeness (QED) is 0.173. The predicted octanol–water partition coefficient (Wildman–Crippen LogP) is 7.22. The predicted molar refractivity (Wildman–Crippen MR) is 176 cm³/mol. The van der Waals surface area contributed by atoms with Crippen LogP contribution in [-0.4, -0.2) is 52.1 Å². The second-order valence-corrected chi connectivity index (χ2v) is 14.3. The van der Waals surface area contributed by atoms with Crippen molar-refractivity contribution in [3.63, 3.8) is 0 Å². The Bertz CT molecular complexity index is 1950. The summed E-state index contributed by atoms with van der Waals surface area (Å²) in [7, 11) is -1.56. The minimum atomic E-state index is -3.41. The standard InChI is InChI=1S/C35H38N4O5S/c1-4-26-20-39(45(42,43)32-15-12-22-8-5-6-10-29(22)35(32)44-26)19-25-17-24(16-23-9-7-11-28(23)25)30(18-33(40)41)27-13-14-31-34(21(27)2)36-37-38(31)3/h5-6,8,10,12-17,26,30,42-43H,4,7,9,11,18-20H2,1-3H3,(H,40,41)/t26-,30?/m1/s1. The molecule has 0 amide bonds. The number of aromatic nitrogens is 3. The molecule has 5 aromatic rings. The molecule has 0 saturated carbocycles. The number of fused-ring (bicyclic) bond motifs is 5. The van der Waals surface area contributed by atoms with E-state index in [4.69, 9.17) is 4.74 Å². The highest BCUT2D eigenvalue weighted by Crippen LogP contribution is 2.59. The summed E-state index contributed by atoms with van der Waals surface area (Å²) in [4.78, 5) is 12.7. The van der Waals surface area contributed by atoms with Crippen molar-refractivity contribution in [3.05, 3.63) is 94.0 Å². The molecule has 1 aliphatic heterocycles. The van der Waals surface area contributed by atoms with Crippen molar-refractivity contribution >= 4 is 38.6 Å². The number of nitrogens with zero attached hydrogens (tertiary/aromatic N) is 4. The zero-order chi connectivity index (χ0) is 31.5. The number of rotatable bonds is 7. The van der Waals surface area contributed by atoms with E-state index in [2.05, 4.69) is 29.4 Å². The Kier molecular flexibility index (Phi) is 7.56. The van der Waals surface area contributed by atoms with Gasteiger partial charge in [-0.25, -0.2) is 4.68 Å². The van der Waals surface area contributed by atoms with Gasteiger partial charge in [-0.2, -0.15) is 4.31 Å². The first-order valence-electron chi connectivity index (χ1n) is 15.5. The molecule has 7 rings (SSSR count). The number of carbonyl (C=O) groups is 1. The summed E-state index contributed by atoms with van der Waals surface area (Å²) in [6.07, 6.45) is 3.21. The summed E-state index contributed by atoms with van der Waals surface area (Å²) < 4.78 is 33.9. The lowest BCUT2D eigenvalue weighted by atomic mass is 9.83. The molecule has 10 heteroatoms. The molecule has 0 radical (unpaired) electrons. The van der Waals surface area contributed by atoms with E-state index in [-0.39, 0.29) is 12.5 Å². The van der Waals surface area contributed by atoms with Crippen LogP contribution in [0.25, 0.3) is 21.8 Å². The molecule has 2 aliphatic rings. The number of hydrogen-bond donors (Lipinski definition) is 3. The molecule has 0 spiro atoms. The number of aliphatic carboxylic acids is 1. The molecule has 0 bridgehead atoms. The minimum absolute atomic E-state index is 0.0735. The molecule has 1 unspecified atom stereocenters. The van der Waals surface area contributed by atoms with Gasteiger partial charge in [0.1, 0.15) is 16.5 Å². The highest BCUT2D eigenvalue weighted by atomic mass is 32.3. The minimum Gasteiger partial charge on any atom is -0.486 e. The van der Waals surface area contributed by atoms with Gasteiger partial charge in [-0.15, -0.1) is 15.9 Å². The van der Waals surface area contributed by atoms with Gasteiger partial charge in [-0.3, -0.25) is 13.9 Å². The van der Waals surface area contributed by atoms with Gasteiger partial charge in [0, 0.05) is 24.9 Å². The van der Waals surface area contributed by atoms with Gasteiger partial charge in [0.15, 0.2) is 5.75 Å². The summed E-state index contributed by atoms with van der Waals surface area (Å²) in [6, 6.07) is 19.8. The van der Waals surface area contributed by atoms with E-state index in [0.717, 1.165) is 63.3 Å². The zero-order valence-electron chi connectivity index (χ0n) is 25.7. The van der Waals surface area contributed by atoms with Crippen LogP contribution in [0.2, 0.25) is 0 Å². The van der Waals surface area contributed by atoms with Crippen molar-refractivity contribution < 1.29 is 23.7 Å². The van der Waals surface area contributed by atoms with Crippen molar-refractivity contribution in [2.45, 2.75) is 69.4 Å². The molecule has 4 aromatic carbocycles. The molecule has 2 heterocycles. The molecular weight excluding hydrogens is 588 g/mol.